The van der Waals surface area contributed by atoms with Crippen LogP contribution in [-0.4, -0.2) is 16.0 Å². The lowest BCUT2D eigenvalue weighted by atomic mass is 10.1. The van der Waals surface area contributed by atoms with Crippen molar-refractivity contribution in [3.8, 4) is 11.3 Å². The Morgan fingerprint density at radius 1 is 1.18 bits per heavy atom. The fourth-order valence-corrected chi connectivity index (χ4v) is 4.03. The molecule has 4 nitrogen and oxygen atoms in total. The molecule has 1 aromatic heterocycles. The number of thiazole rings is 1. The lowest BCUT2D eigenvalue weighted by molar-refractivity contribution is -0.116. The molecule has 146 valence electrons. The number of aliphatic hydroxyl groups is 1. The molecule has 0 spiro atoms. The first-order valence-electron chi connectivity index (χ1n) is 9.35. The second kappa shape index (κ2) is 9.57. The van der Waals surface area contributed by atoms with Gasteiger partial charge in [-0.3, -0.25) is 4.79 Å². The Labute approximate surface area is 168 Å². The van der Waals surface area contributed by atoms with Crippen molar-refractivity contribution in [2.75, 3.05) is 5.32 Å². The Bertz CT molecular complexity index is 910. The molecule has 0 radical (unpaired) electrons. The summed E-state index contributed by atoms with van der Waals surface area (Å²) < 4.78 is 13.2. The van der Waals surface area contributed by atoms with Gasteiger partial charge in [0.15, 0.2) is 5.13 Å². The van der Waals surface area contributed by atoms with Crippen LogP contribution in [-0.2, 0) is 11.2 Å². The molecular formula is C22H23FN2O2S. The molecule has 1 amide bonds. The molecule has 0 unspecified atom stereocenters. The molecule has 6 heteroatoms. The smallest absolute Gasteiger partial charge is 0.226 e. The van der Waals surface area contributed by atoms with Crippen LogP contribution in [0.4, 0.5) is 9.52 Å². The topological polar surface area (TPSA) is 62.2 Å². The molecule has 3 rings (SSSR count). The zero-order valence-electron chi connectivity index (χ0n) is 15.7. The SMILES string of the molecule is CCCc1sc(NC(=O)CC[C@@H](O)c2ccccc2)nc1-c1ccc(F)cc1. The molecule has 0 saturated heterocycles. The fraction of sp³-hybridized carbons (Fsp3) is 0.273. The number of aryl methyl sites for hydroxylation is 1. The van der Waals surface area contributed by atoms with Crippen LogP contribution in [0.5, 0.6) is 0 Å². The number of carbonyl (C=O) groups is 1. The van der Waals surface area contributed by atoms with Gasteiger partial charge < -0.3 is 10.4 Å². The summed E-state index contributed by atoms with van der Waals surface area (Å²) in [5.41, 5.74) is 2.42. The van der Waals surface area contributed by atoms with Crippen LogP contribution in [0.3, 0.4) is 0 Å². The summed E-state index contributed by atoms with van der Waals surface area (Å²) in [6.45, 7) is 2.08. The van der Waals surface area contributed by atoms with E-state index in [1.165, 1.54) is 23.5 Å². The van der Waals surface area contributed by atoms with E-state index in [1.807, 2.05) is 30.3 Å². The number of nitrogens with zero attached hydrogens (tertiary/aromatic N) is 1. The molecule has 0 aliphatic rings. The number of nitrogens with one attached hydrogen (secondary N) is 1. The van der Waals surface area contributed by atoms with Gasteiger partial charge in [0.1, 0.15) is 5.82 Å². The fourth-order valence-electron chi connectivity index (χ4n) is 2.93. The molecule has 1 atom stereocenters. The normalized spacial score (nSPS) is 12.0. The van der Waals surface area contributed by atoms with Crippen LogP contribution in [0, 0.1) is 5.82 Å². The van der Waals surface area contributed by atoms with E-state index >= 15 is 0 Å². The van der Waals surface area contributed by atoms with Gasteiger partial charge in [-0.1, -0.05) is 43.7 Å². The van der Waals surface area contributed by atoms with E-state index in [-0.39, 0.29) is 18.1 Å². The number of hydrogen-bond donors (Lipinski definition) is 2. The van der Waals surface area contributed by atoms with Gasteiger partial charge >= 0.3 is 0 Å². The molecule has 3 aromatic rings. The summed E-state index contributed by atoms with van der Waals surface area (Å²) in [6, 6.07) is 15.5. The molecule has 0 saturated carbocycles. The first-order chi connectivity index (χ1) is 13.6. The molecule has 0 aliphatic carbocycles. The highest BCUT2D eigenvalue weighted by Crippen LogP contribution is 2.32. The highest BCUT2D eigenvalue weighted by atomic mass is 32.1. The van der Waals surface area contributed by atoms with Crippen molar-refractivity contribution in [3.05, 3.63) is 70.9 Å². The van der Waals surface area contributed by atoms with Crippen LogP contribution in [0.2, 0.25) is 0 Å². The highest BCUT2D eigenvalue weighted by Gasteiger charge is 2.16. The summed E-state index contributed by atoms with van der Waals surface area (Å²) in [5.74, 6) is -0.473. The van der Waals surface area contributed by atoms with Gasteiger partial charge in [-0.05, 0) is 42.7 Å². The zero-order chi connectivity index (χ0) is 19.9. The maximum atomic E-state index is 13.2. The monoisotopic (exact) mass is 398 g/mol. The van der Waals surface area contributed by atoms with Crippen molar-refractivity contribution >= 4 is 22.4 Å². The molecular weight excluding hydrogens is 375 g/mol. The number of carbonyl (C=O) groups excluding carboxylic acids is 1. The van der Waals surface area contributed by atoms with E-state index in [0.29, 0.717) is 11.6 Å². The minimum atomic E-state index is -0.673. The van der Waals surface area contributed by atoms with Crippen LogP contribution in [0.1, 0.15) is 42.7 Å². The van der Waals surface area contributed by atoms with E-state index in [9.17, 15) is 14.3 Å². The standard InChI is InChI=1S/C22H23FN2O2S/c1-2-6-19-21(16-9-11-17(23)12-10-16)25-22(28-19)24-20(27)14-13-18(26)15-7-4-3-5-8-15/h3-5,7-12,18,26H,2,6,13-14H2,1H3,(H,24,25,27)/t18-/m1/s1. The minimum Gasteiger partial charge on any atom is -0.388 e. The lowest BCUT2D eigenvalue weighted by Crippen LogP contribution is -2.12. The average Bonchev–Trinajstić information content (AvgIpc) is 3.10. The maximum absolute atomic E-state index is 13.2. The Hall–Kier alpha value is -2.57. The van der Waals surface area contributed by atoms with Gasteiger partial charge in [-0.25, -0.2) is 9.37 Å². The quantitative estimate of drug-likeness (QED) is 0.537. The minimum absolute atomic E-state index is 0.183. The number of aromatic nitrogens is 1. The average molecular weight is 399 g/mol. The number of anilines is 1. The van der Waals surface area contributed by atoms with Crippen molar-refractivity contribution in [2.45, 2.75) is 38.7 Å². The van der Waals surface area contributed by atoms with Crippen LogP contribution in [0.25, 0.3) is 11.3 Å². The third-order valence-corrected chi connectivity index (χ3v) is 5.40. The van der Waals surface area contributed by atoms with Crippen LogP contribution in [0.15, 0.2) is 54.6 Å². The van der Waals surface area contributed by atoms with Gasteiger partial charge in [-0.2, -0.15) is 0 Å². The van der Waals surface area contributed by atoms with Gasteiger partial charge in [0, 0.05) is 16.9 Å². The van der Waals surface area contributed by atoms with Gasteiger partial charge in [0.05, 0.1) is 11.8 Å². The van der Waals surface area contributed by atoms with Crippen molar-refractivity contribution in [2.24, 2.45) is 0 Å². The Morgan fingerprint density at radius 2 is 1.89 bits per heavy atom. The summed E-state index contributed by atoms with van der Waals surface area (Å²) >= 11 is 1.44. The van der Waals surface area contributed by atoms with Gasteiger partial charge in [0.25, 0.3) is 0 Å². The third kappa shape index (κ3) is 5.24. The summed E-state index contributed by atoms with van der Waals surface area (Å²) in [5, 5.41) is 13.6. The number of aliphatic hydroxyl groups excluding tert-OH is 1. The molecule has 2 N–H and O–H groups in total. The molecule has 0 aliphatic heterocycles. The predicted molar refractivity (Wildman–Crippen MR) is 111 cm³/mol. The predicted octanol–water partition coefficient (Wildman–Crippen LogP) is 5.35. The maximum Gasteiger partial charge on any atom is 0.226 e. The van der Waals surface area contributed by atoms with E-state index < -0.39 is 6.10 Å². The largest absolute Gasteiger partial charge is 0.388 e. The summed E-state index contributed by atoms with van der Waals surface area (Å²) in [6.07, 6.45) is 1.66. The van der Waals surface area contributed by atoms with Crippen molar-refractivity contribution in [1.82, 2.24) is 4.98 Å². The number of benzene rings is 2. The Morgan fingerprint density at radius 3 is 2.57 bits per heavy atom. The van der Waals surface area contributed by atoms with E-state index in [1.54, 1.807) is 12.1 Å². The van der Waals surface area contributed by atoms with E-state index in [2.05, 4.69) is 17.2 Å². The molecule has 1 heterocycles. The number of halogens is 1. The number of rotatable bonds is 8. The molecule has 0 bridgehead atoms. The van der Waals surface area contributed by atoms with Crippen molar-refractivity contribution in [3.63, 3.8) is 0 Å². The summed E-state index contributed by atoms with van der Waals surface area (Å²) in [7, 11) is 0. The van der Waals surface area contributed by atoms with Gasteiger partial charge in [0.2, 0.25) is 5.91 Å². The molecule has 0 fully saturated rings. The second-order valence-corrected chi connectivity index (χ2v) is 7.64. The van der Waals surface area contributed by atoms with Crippen LogP contribution >= 0.6 is 11.3 Å². The first-order valence-corrected chi connectivity index (χ1v) is 10.2. The summed E-state index contributed by atoms with van der Waals surface area (Å²) in [4.78, 5) is 17.9. The zero-order valence-corrected chi connectivity index (χ0v) is 16.5. The lowest BCUT2D eigenvalue weighted by Gasteiger charge is -2.10. The number of hydrogen-bond acceptors (Lipinski definition) is 4. The molecule has 2 aromatic carbocycles. The second-order valence-electron chi connectivity index (χ2n) is 6.56. The highest BCUT2D eigenvalue weighted by molar-refractivity contribution is 7.16. The van der Waals surface area contributed by atoms with Crippen LogP contribution < -0.4 is 5.32 Å². The Balaban J connectivity index is 1.65. The van der Waals surface area contributed by atoms with Crippen molar-refractivity contribution in [1.29, 1.82) is 0 Å². The first kappa shape index (κ1) is 20.2. The van der Waals surface area contributed by atoms with E-state index in [4.69, 9.17) is 0 Å². The molecule has 28 heavy (non-hydrogen) atoms. The number of amides is 1. The van der Waals surface area contributed by atoms with Crippen molar-refractivity contribution < 1.29 is 14.3 Å². The van der Waals surface area contributed by atoms with E-state index in [0.717, 1.165) is 34.5 Å². The Kier molecular flexibility index (Phi) is 6.90. The third-order valence-electron chi connectivity index (χ3n) is 4.37. The van der Waals surface area contributed by atoms with Gasteiger partial charge in [-0.15, -0.1) is 11.3 Å².